The standard InChI is InChI=1S/C21H25NO5S/c1-15-14-18(9-8-16-6-4-3-5-7-16)27-21(24)19(15)20(23)22(2)17-10-12-28(25,26)13-11-17/h3-7,14,17H,8-13H2,1-2H3. The summed E-state index contributed by atoms with van der Waals surface area (Å²) in [7, 11) is -1.39. The van der Waals surface area contributed by atoms with Crippen LogP contribution >= 0.6 is 0 Å². The van der Waals surface area contributed by atoms with Crippen LogP contribution in [0.25, 0.3) is 0 Å². The second-order valence-electron chi connectivity index (χ2n) is 7.34. The highest BCUT2D eigenvalue weighted by molar-refractivity contribution is 7.91. The smallest absolute Gasteiger partial charge is 0.349 e. The van der Waals surface area contributed by atoms with Gasteiger partial charge in [-0.3, -0.25) is 4.79 Å². The summed E-state index contributed by atoms with van der Waals surface area (Å²) in [6.07, 6.45) is 2.10. The normalized spacial score (nSPS) is 16.6. The van der Waals surface area contributed by atoms with E-state index in [4.69, 9.17) is 4.42 Å². The molecule has 0 saturated carbocycles. The lowest BCUT2D eigenvalue weighted by Gasteiger charge is -2.31. The minimum absolute atomic E-state index is 0.0272. The van der Waals surface area contributed by atoms with Gasteiger partial charge in [-0.2, -0.15) is 0 Å². The number of sulfone groups is 1. The van der Waals surface area contributed by atoms with Crippen LogP contribution in [-0.4, -0.2) is 43.8 Å². The van der Waals surface area contributed by atoms with E-state index in [0.717, 1.165) is 12.0 Å². The summed E-state index contributed by atoms with van der Waals surface area (Å²) in [5.74, 6) is 0.280. The molecule has 0 radical (unpaired) electrons. The van der Waals surface area contributed by atoms with Crippen LogP contribution in [0.5, 0.6) is 0 Å². The van der Waals surface area contributed by atoms with Gasteiger partial charge in [0.2, 0.25) is 0 Å². The Labute approximate surface area is 165 Å². The monoisotopic (exact) mass is 403 g/mol. The molecule has 1 fully saturated rings. The molecule has 1 amide bonds. The van der Waals surface area contributed by atoms with Crippen molar-refractivity contribution in [2.45, 2.75) is 38.6 Å². The van der Waals surface area contributed by atoms with Gasteiger partial charge in [0.25, 0.3) is 5.91 Å². The van der Waals surface area contributed by atoms with Crippen LogP contribution in [0, 0.1) is 6.92 Å². The summed E-state index contributed by atoms with van der Waals surface area (Å²) in [5, 5.41) is 0. The Balaban J connectivity index is 1.73. The quantitative estimate of drug-likeness (QED) is 0.765. The number of aryl methyl sites for hydroxylation is 3. The van der Waals surface area contributed by atoms with Crippen molar-refractivity contribution >= 4 is 15.7 Å². The zero-order chi connectivity index (χ0) is 20.3. The van der Waals surface area contributed by atoms with Gasteiger partial charge in [-0.25, -0.2) is 13.2 Å². The average Bonchev–Trinajstić information content (AvgIpc) is 2.66. The predicted molar refractivity (Wildman–Crippen MR) is 107 cm³/mol. The molecule has 1 aliphatic rings. The molecule has 1 aromatic carbocycles. The average molecular weight is 404 g/mol. The van der Waals surface area contributed by atoms with Crippen molar-refractivity contribution in [2.75, 3.05) is 18.6 Å². The second-order valence-corrected chi connectivity index (χ2v) is 9.65. The topological polar surface area (TPSA) is 84.7 Å². The van der Waals surface area contributed by atoms with E-state index >= 15 is 0 Å². The van der Waals surface area contributed by atoms with Crippen molar-refractivity contribution in [3.8, 4) is 0 Å². The summed E-state index contributed by atoms with van der Waals surface area (Å²) >= 11 is 0. The third-order valence-electron chi connectivity index (χ3n) is 5.31. The molecule has 3 rings (SSSR count). The molecule has 1 aromatic heterocycles. The lowest BCUT2D eigenvalue weighted by Crippen LogP contribution is -2.43. The number of carbonyl (C=O) groups excluding carboxylic acids is 1. The molecule has 0 spiro atoms. The Hall–Kier alpha value is -2.41. The van der Waals surface area contributed by atoms with E-state index in [0.29, 0.717) is 30.6 Å². The third-order valence-corrected chi connectivity index (χ3v) is 7.02. The molecular weight excluding hydrogens is 378 g/mol. The molecule has 0 N–H and O–H groups in total. The Kier molecular flexibility index (Phi) is 6.03. The second kappa shape index (κ2) is 8.31. The summed E-state index contributed by atoms with van der Waals surface area (Å²) < 4.78 is 28.6. The highest BCUT2D eigenvalue weighted by Gasteiger charge is 2.30. The van der Waals surface area contributed by atoms with Crippen LogP contribution in [0.4, 0.5) is 0 Å². The molecule has 28 heavy (non-hydrogen) atoms. The van der Waals surface area contributed by atoms with Gasteiger partial charge in [0.05, 0.1) is 11.5 Å². The number of nitrogens with zero attached hydrogens (tertiary/aromatic N) is 1. The van der Waals surface area contributed by atoms with Gasteiger partial charge in [0.15, 0.2) is 0 Å². The number of carbonyl (C=O) groups is 1. The highest BCUT2D eigenvalue weighted by atomic mass is 32.2. The summed E-state index contributed by atoms with van der Waals surface area (Å²) in [5.41, 5.74) is 1.12. The first-order chi connectivity index (χ1) is 13.3. The maximum Gasteiger partial charge on any atom is 0.349 e. The number of rotatable bonds is 5. The van der Waals surface area contributed by atoms with Crippen molar-refractivity contribution in [1.29, 1.82) is 0 Å². The molecule has 1 saturated heterocycles. The predicted octanol–water partition coefficient (Wildman–Crippen LogP) is 2.38. The zero-order valence-electron chi connectivity index (χ0n) is 16.2. The van der Waals surface area contributed by atoms with Gasteiger partial charge >= 0.3 is 5.63 Å². The fraction of sp³-hybridized carbons (Fsp3) is 0.429. The number of hydrogen-bond acceptors (Lipinski definition) is 5. The Bertz CT molecular complexity index is 997. The van der Waals surface area contributed by atoms with Crippen LogP contribution in [0.3, 0.4) is 0 Å². The number of benzene rings is 1. The molecule has 0 aliphatic carbocycles. The molecule has 2 heterocycles. The van der Waals surface area contributed by atoms with Crippen molar-refractivity contribution in [1.82, 2.24) is 4.90 Å². The Morgan fingerprint density at radius 2 is 1.79 bits per heavy atom. The van der Waals surface area contributed by atoms with Crippen molar-refractivity contribution in [2.24, 2.45) is 0 Å². The van der Waals surface area contributed by atoms with Crippen LogP contribution in [0.1, 0.15) is 40.1 Å². The van der Waals surface area contributed by atoms with E-state index in [1.54, 1.807) is 20.0 Å². The van der Waals surface area contributed by atoms with Gasteiger partial charge in [-0.05, 0) is 43.4 Å². The van der Waals surface area contributed by atoms with E-state index in [-0.39, 0.29) is 23.1 Å². The molecule has 2 aromatic rings. The molecule has 1 aliphatic heterocycles. The van der Waals surface area contributed by atoms with E-state index in [2.05, 4.69) is 0 Å². The molecule has 0 unspecified atom stereocenters. The minimum atomic E-state index is -3.01. The lowest BCUT2D eigenvalue weighted by atomic mass is 10.0. The first-order valence-electron chi connectivity index (χ1n) is 9.42. The largest absolute Gasteiger partial charge is 0.427 e. The van der Waals surface area contributed by atoms with E-state index in [9.17, 15) is 18.0 Å². The number of amides is 1. The van der Waals surface area contributed by atoms with Crippen LogP contribution in [-0.2, 0) is 22.7 Å². The van der Waals surface area contributed by atoms with Crippen LogP contribution in [0.15, 0.2) is 45.6 Å². The third kappa shape index (κ3) is 4.70. The number of hydrogen-bond donors (Lipinski definition) is 0. The molecule has 150 valence electrons. The Morgan fingerprint density at radius 1 is 1.14 bits per heavy atom. The fourth-order valence-corrected chi connectivity index (χ4v) is 5.04. The van der Waals surface area contributed by atoms with E-state index in [1.165, 1.54) is 4.90 Å². The molecule has 7 heteroatoms. The van der Waals surface area contributed by atoms with Crippen molar-refractivity contribution < 1.29 is 17.6 Å². The van der Waals surface area contributed by atoms with Crippen LogP contribution < -0.4 is 5.63 Å². The van der Waals surface area contributed by atoms with E-state index in [1.807, 2.05) is 30.3 Å². The Morgan fingerprint density at radius 3 is 2.39 bits per heavy atom. The maximum absolute atomic E-state index is 12.9. The lowest BCUT2D eigenvalue weighted by molar-refractivity contribution is 0.0716. The van der Waals surface area contributed by atoms with Crippen molar-refractivity contribution in [3.63, 3.8) is 0 Å². The summed E-state index contributed by atoms with van der Waals surface area (Å²) in [4.78, 5) is 26.8. The van der Waals surface area contributed by atoms with Gasteiger partial charge < -0.3 is 9.32 Å². The first-order valence-corrected chi connectivity index (χ1v) is 11.2. The molecule has 0 atom stereocenters. The first kappa shape index (κ1) is 20.3. The van der Waals surface area contributed by atoms with Crippen LogP contribution in [0.2, 0.25) is 0 Å². The van der Waals surface area contributed by atoms with Gasteiger partial charge in [0, 0.05) is 19.5 Å². The summed E-state index contributed by atoms with van der Waals surface area (Å²) in [6.45, 7) is 1.73. The van der Waals surface area contributed by atoms with Crippen molar-refractivity contribution in [3.05, 3.63) is 69.3 Å². The van der Waals surface area contributed by atoms with Gasteiger partial charge in [0.1, 0.15) is 21.2 Å². The highest BCUT2D eigenvalue weighted by Crippen LogP contribution is 2.20. The van der Waals surface area contributed by atoms with E-state index < -0.39 is 21.4 Å². The SMILES string of the molecule is Cc1cc(CCc2ccccc2)oc(=O)c1C(=O)N(C)C1CCS(=O)(=O)CC1. The zero-order valence-corrected chi connectivity index (χ0v) is 17.0. The minimum Gasteiger partial charge on any atom is -0.427 e. The van der Waals surface area contributed by atoms with Gasteiger partial charge in [-0.1, -0.05) is 30.3 Å². The summed E-state index contributed by atoms with van der Waals surface area (Å²) in [6, 6.07) is 11.5. The molecule has 6 nitrogen and oxygen atoms in total. The van der Waals surface area contributed by atoms with Gasteiger partial charge in [-0.15, -0.1) is 0 Å². The molecule has 0 bridgehead atoms. The maximum atomic E-state index is 12.9. The molecular formula is C21H25NO5S. The fourth-order valence-electron chi connectivity index (χ4n) is 3.57.